The third-order valence-electron chi connectivity index (χ3n) is 4.24. The number of halogens is 1. The van der Waals surface area contributed by atoms with E-state index in [0.717, 1.165) is 25.6 Å². The largest absolute Gasteiger partial charge is 0.357 e. The van der Waals surface area contributed by atoms with Crippen molar-refractivity contribution in [2.75, 3.05) is 32.1 Å². The van der Waals surface area contributed by atoms with E-state index >= 15 is 0 Å². The number of nitrogens with zero attached hydrogens (tertiary/aromatic N) is 2. The van der Waals surface area contributed by atoms with E-state index in [2.05, 4.69) is 73.9 Å². The molecule has 0 radical (unpaired) electrons. The van der Waals surface area contributed by atoms with Crippen molar-refractivity contribution in [3.63, 3.8) is 0 Å². The van der Waals surface area contributed by atoms with Gasteiger partial charge in [-0.1, -0.05) is 24.3 Å². The Bertz CT molecular complexity index is 508. The van der Waals surface area contributed by atoms with E-state index in [0.29, 0.717) is 12.6 Å². The van der Waals surface area contributed by atoms with Gasteiger partial charge in [0, 0.05) is 25.7 Å². The lowest BCUT2D eigenvalue weighted by Gasteiger charge is -2.22. The van der Waals surface area contributed by atoms with Crippen molar-refractivity contribution in [2.45, 2.75) is 52.7 Å². The minimum atomic E-state index is 0. The van der Waals surface area contributed by atoms with Crippen molar-refractivity contribution in [3.05, 3.63) is 35.4 Å². The van der Waals surface area contributed by atoms with Crippen LogP contribution in [0, 0.1) is 0 Å². The third kappa shape index (κ3) is 10.6. The van der Waals surface area contributed by atoms with Gasteiger partial charge in [0.25, 0.3) is 0 Å². The van der Waals surface area contributed by atoms with Crippen LogP contribution in [0.2, 0.25) is 0 Å². The molecule has 2 N–H and O–H groups in total. The Morgan fingerprint density at radius 2 is 1.85 bits per heavy atom. The minimum Gasteiger partial charge on any atom is -0.357 e. The number of hydrogen-bond donors (Lipinski definition) is 2. The molecule has 0 unspecified atom stereocenters. The second-order valence-electron chi connectivity index (χ2n) is 6.60. The van der Waals surface area contributed by atoms with Crippen LogP contribution < -0.4 is 10.6 Å². The molecule has 0 bridgehead atoms. The van der Waals surface area contributed by atoms with Gasteiger partial charge in [0.15, 0.2) is 5.96 Å². The number of nitrogens with one attached hydrogen (secondary N) is 2. The SMILES string of the molecule is CCNC(=NCc1ccccc1CN(C)C(C)C)NCCCCSC.I. The standard InChI is InChI=1S/C20H36N4S.HI/c1-6-21-20(22-13-9-10-14-25-5)23-15-18-11-7-8-12-19(18)16-24(4)17(2)3;/h7-8,11-12,17H,6,9-10,13-16H2,1-5H3,(H2,21,22,23);1H. The van der Waals surface area contributed by atoms with E-state index in [4.69, 9.17) is 4.99 Å². The van der Waals surface area contributed by atoms with Crippen LogP contribution in [0.5, 0.6) is 0 Å². The van der Waals surface area contributed by atoms with Crippen molar-refractivity contribution in [2.24, 2.45) is 4.99 Å². The average Bonchev–Trinajstić information content (AvgIpc) is 2.60. The first-order valence-electron chi connectivity index (χ1n) is 9.36. The molecule has 26 heavy (non-hydrogen) atoms. The molecule has 0 atom stereocenters. The summed E-state index contributed by atoms with van der Waals surface area (Å²) >= 11 is 1.91. The predicted octanol–water partition coefficient (Wildman–Crippen LogP) is 4.34. The maximum atomic E-state index is 4.79. The molecule has 0 spiro atoms. The molecule has 150 valence electrons. The highest BCUT2D eigenvalue weighted by Gasteiger charge is 2.08. The van der Waals surface area contributed by atoms with Gasteiger partial charge in [-0.15, -0.1) is 24.0 Å². The van der Waals surface area contributed by atoms with E-state index < -0.39 is 0 Å². The lowest BCUT2D eigenvalue weighted by atomic mass is 10.1. The van der Waals surface area contributed by atoms with Gasteiger partial charge in [-0.25, -0.2) is 4.99 Å². The molecular formula is C20H37IN4S. The van der Waals surface area contributed by atoms with E-state index in [1.807, 2.05) is 11.8 Å². The van der Waals surface area contributed by atoms with Crippen LogP contribution in [0.15, 0.2) is 29.3 Å². The van der Waals surface area contributed by atoms with Crippen LogP contribution in [-0.4, -0.2) is 49.0 Å². The summed E-state index contributed by atoms with van der Waals surface area (Å²) in [4.78, 5) is 7.14. The van der Waals surface area contributed by atoms with E-state index in [9.17, 15) is 0 Å². The number of hydrogen-bond acceptors (Lipinski definition) is 3. The molecule has 0 heterocycles. The zero-order chi connectivity index (χ0) is 18.5. The molecule has 0 aliphatic carbocycles. The van der Waals surface area contributed by atoms with Crippen LogP contribution in [-0.2, 0) is 13.1 Å². The molecule has 0 aliphatic rings. The van der Waals surface area contributed by atoms with Crippen molar-refractivity contribution in [3.8, 4) is 0 Å². The topological polar surface area (TPSA) is 39.7 Å². The third-order valence-corrected chi connectivity index (χ3v) is 4.94. The highest BCUT2D eigenvalue weighted by Crippen LogP contribution is 2.13. The number of rotatable bonds is 11. The number of thioether (sulfide) groups is 1. The second-order valence-corrected chi connectivity index (χ2v) is 7.59. The quantitative estimate of drug-likeness (QED) is 0.209. The van der Waals surface area contributed by atoms with Gasteiger partial charge in [-0.3, -0.25) is 4.90 Å². The van der Waals surface area contributed by atoms with E-state index in [1.54, 1.807) is 0 Å². The number of aliphatic imine (C=N–C) groups is 1. The predicted molar refractivity (Wildman–Crippen MR) is 129 cm³/mol. The molecule has 6 heteroatoms. The lowest BCUT2D eigenvalue weighted by molar-refractivity contribution is 0.265. The van der Waals surface area contributed by atoms with Crippen molar-refractivity contribution < 1.29 is 0 Å². The summed E-state index contributed by atoms with van der Waals surface area (Å²) in [5.74, 6) is 2.14. The lowest BCUT2D eigenvalue weighted by Crippen LogP contribution is -2.37. The Morgan fingerprint density at radius 1 is 1.15 bits per heavy atom. The van der Waals surface area contributed by atoms with Crippen LogP contribution in [0.4, 0.5) is 0 Å². The molecule has 0 saturated heterocycles. The summed E-state index contributed by atoms with van der Waals surface area (Å²) in [7, 11) is 2.17. The molecule has 4 nitrogen and oxygen atoms in total. The monoisotopic (exact) mass is 492 g/mol. The number of benzene rings is 1. The molecule has 1 aromatic rings. The van der Waals surface area contributed by atoms with Gasteiger partial charge >= 0.3 is 0 Å². The van der Waals surface area contributed by atoms with Crippen molar-refractivity contribution in [1.82, 2.24) is 15.5 Å². The summed E-state index contributed by atoms with van der Waals surface area (Å²) < 4.78 is 0. The molecule has 0 amide bonds. The van der Waals surface area contributed by atoms with Crippen LogP contribution in [0.25, 0.3) is 0 Å². The maximum Gasteiger partial charge on any atom is 0.191 e. The first-order chi connectivity index (χ1) is 12.1. The highest BCUT2D eigenvalue weighted by molar-refractivity contribution is 14.0. The Hall–Kier alpha value is -0.470. The van der Waals surface area contributed by atoms with Gasteiger partial charge < -0.3 is 10.6 Å². The summed E-state index contributed by atoms with van der Waals surface area (Å²) in [6.07, 6.45) is 4.59. The fourth-order valence-corrected chi connectivity index (χ4v) is 2.89. The summed E-state index contributed by atoms with van der Waals surface area (Å²) in [5, 5.41) is 6.79. The Kier molecular flexibility index (Phi) is 15.3. The molecule has 0 fully saturated rings. The fourth-order valence-electron chi connectivity index (χ4n) is 2.40. The normalized spacial score (nSPS) is 11.6. The van der Waals surface area contributed by atoms with Gasteiger partial charge in [0.2, 0.25) is 0 Å². The van der Waals surface area contributed by atoms with Gasteiger partial charge in [0.05, 0.1) is 6.54 Å². The number of guanidine groups is 1. The molecule has 0 aliphatic heterocycles. The Labute approximate surface area is 182 Å². The highest BCUT2D eigenvalue weighted by atomic mass is 127. The van der Waals surface area contributed by atoms with Crippen LogP contribution in [0.1, 0.15) is 44.7 Å². The van der Waals surface area contributed by atoms with Crippen molar-refractivity contribution >= 4 is 41.7 Å². The van der Waals surface area contributed by atoms with Gasteiger partial charge in [0.1, 0.15) is 0 Å². The fraction of sp³-hybridized carbons (Fsp3) is 0.650. The number of unbranched alkanes of at least 4 members (excludes halogenated alkanes) is 1. The second kappa shape index (κ2) is 15.6. The first kappa shape index (κ1) is 25.5. The van der Waals surface area contributed by atoms with Gasteiger partial charge in [-0.05, 0) is 63.8 Å². The van der Waals surface area contributed by atoms with Crippen LogP contribution >= 0.6 is 35.7 Å². The average molecular weight is 493 g/mol. The Morgan fingerprint density at radius 3 is 2.46 bits per heavy atom. The maximum absolute atomic E-state index is 4.79. The van der Waals surface area contributed by atoms with Crippen LogP contribution in [0.3, 0.4) is 0 Å². The Balaban J connectivity index is 0.00000625. The smallest absolute Gasteiger partial charge is 0.191 e. The minimum absolute atomic E-state index is 0. The van der Waals surface area contributed by atoms with E-state index in [-0.39, 0.29) is 24.0 Å². The molecule has 1 rings (SSSR count). The molecule has 0 saturated carbocycles. The molecular weight excluding hydrogens is 455 g/mol. The van der Waals surface area contributed by atoms with Gasteiger partial charge in [-0.2, -0.15) is 11.8 Å². The zero-order valence-electron chi connectivity index (χ0n) is 17.0. The molecule has 0 aromatic heterocycles. The van der Waals surface area contributed by atoms with E-state index in [1.165, 1.54) is 29.7 Å². The van der Waals surface area contributed by atoms with Crippen molar-refractivity contribution in [1.29, 1.82) is 0 Å². The summed E-state index contributed by atoms with van der Waals surface area (Å²) in [6.45, 7) is 10.1. The summed E-state index contributed by atoms with van der Waals surface area (Å²) in [6, 6.07) is 9.16. The summed E-state index contributed by atoms with van der Waals surface area (Å²) in [5.41, 5.74) is 2.66. The zero-order valence-corrected chi connectivity index (χ0v) is 20.2. The molecule has 1 aromatic carbocycles. The first-order valence-corrected chi connectivity index (χ1v) is 10.8.